The second kappa shape index (κ2) is 6.76. The largest absolute Gasteiger partial charge is 0.492 e. The summed E-state index contributed by atoms with van der Waals surface area (Å²) in [6, 6.07) is 10.4. The first kappa shape index (κ1) is 16.7. The molecule has 0 saturated heterocycles. The van der Waals surface area contributed by atoms with Gasteiger partial charge in [0, 0.05) is 25.1 Å². The lowest BCUT2D eigenvalue weighted by molar-refractivity contribution is -0.383. The molecule has 0 unspecified atom stereocenters. The number of fused-ring (bicyclic) bond motifs is 1. The number of anilines is 1. The van der Waals surface area contributed by atoms with Crippen molar-refractivity contribution in [3.05, 3.63) is 68.8 Å². The van der Waals surface area contributed by atoms with Crippen molar-refractivity contribution in [2.24, 2.45) is 0 Å². The number of ketones is 1. The molecule has 0 atom stereocenters. The minimum absolute atomic E-state index is 0.0228. The van der Waals surface area contributed by atoms with Gasteiger partial charge < -0.3 is 10.1 Å². The van der Waals surface area contributed by atoms with Gasteiger partial charge in [0.05, 0.1) is 17.1 Å². The number of nitro groups is 1. The van der Waals surface area contributed by atoms with Gasteiger partial charge in [0.15, 0.2) is 5.78 Å². The van der Waals surface area contributed by atoms with Crippen molar-refractivity contribution in [2.75, 3.05) is 19.0 Å². The highest BCUT2D eigenvalue weighted by molar-refractivity contribution is 6.13. The smallest absolute Gasteiger partial charge is 0.292 e. The molecular weight excluding hydrogens is 320 g/mol. The summed E-state index contributed by atoms with van der Waals surface area (Å²) >= 11 is 0. The maximum atomic E-state index is 12.8. The molecule has 2 aromatic carbocycles. The highest BCUT2D eigenvalue weighted by Gasteiger charge is 2.22. The van der Waals surface area contributed by atoms with Crippen LogP contribution >= 0.6 is 0 Å². The molecule has 0 spiro atoms. The van der Waals surface area contributed by atoms with Crippen LogP contribution in [0.3, 0.4) is 0 Å². The van der Waals surface area contributed by atoms with E-state index in [0.717, 1.165) is 5.56 Å². The zero-order chi connectivity index (χ0) is 18.0. The molecule has 1 aliphatic heterocycles. The number of carbonyl (C=O) groups is 1. The van der Waals surface area contributed by atoms with Crippen molar-refractivity contribution < 1.29 is 14.5 Å². The minimum Gasteiger partial charge on any atom is -0.492 e. The number of carbonyl (C=O) groups excluding carboxylic acids is 1. The van der Waals surface area contributed by atoms with E-state index < -0.39 is 4.92 Å². The van der Waals surface area contributed by atoms with Crippen LogP contribution in [0, 0.1) is 17.0 Å². The van der Waals surface area contributed by atoms with Crippen LogP contribution in [0.4, 0.5) is 11.4 Å². The molecule has 6 nitrogen and oxygen atoms in total. The van der Waals surface area contributed by atoms with Crippen molar-refractivity contribution in [1.82, 2.24) is 0 Å². The molecule has 25 heavy (non-hydrogen) atoms. The number of benzene rings is 2. The molecule has 1 aliphatic rings. The Morgan fingerprint density at radius 1 is 1.24 bits per heavy atom. The van der Waals surface area contributed by atoms with Gasteiger partial charge in [-0.25, -0.2) is 0 Å². The number of nitrogens with one attached hydrogen (secondary N) is 1. The second-order valence-corrected chi connectivity index (χ2v) is 5.88. The van der Waals surface area contributed by atoms with Crippen LogP contribution in [0.1, 0.15) is 27.9 Å². The predicted octanol–water partition coefficient (Wildman–Crippen LogP) is 3.99. The summed E-state index contributed by atoms with van der Waals surface area (Å²) in [6.07, 6.45) is 2.16. The third kappa shape index (κ3) is 3.38. The van der Waals surface area contributed by atoms with Gasteiger partial charge in [-0.1, -0.05) is 17.7 Å². The third-order valence-electron chi connectivity index (χ3n) is 4.13. The third-order valence-corrected chi connectivity index (χ3v) is 4.13. The second-order valence-electron chi connectivity index (χ2n) is 5.88. The van der Waals surface area contributed by atoms with Crippen molar-refractivity contribution in [3.63, 3.8) is 0 Å². The Morgan fingerprint density at radius 2 is 2.04 bits per heavy atom. The Bertz CT molecular complexity index is 887. The van der Waals surface area contributed by atoms with Crippen LogP contribution in [0.15, 0.2) is 42.0 Å². The van der Waals surface area contributed by atoms with Crippen LogP contribution < -0.4 is 10.1 Å². The molecule has 0 aromatic heterocycles. The molecule has 0 bridgehead atoms. The fourth-order valence-electron chi connectivity index (χ4n) is 2.84. The van der Waals surface area contributed by atoms with E-state index in [9.17, 15) is 14.9 Å². The summed E-state index contributed by atoms with van der Waals surface area (Å²) in [5.74, 6) is 0.479. The molecule has 0 aliphatic carbocycles. The number of nitro benzene ring substituents is 1. The Hall–Kier alpha value is -3.15. The lowest BCUT2D eigenvalue weighted by Gasteiger charge is -2.06. The first-order chi connectivity index (χ1) is 12.0. The molecule has 6 heteroatoms. The summed E-state index contributed by atoms with van der Waals surface area (Å²) in [7, 11) is 1.63. The summed E-state index contributed by atoms with van der Waals surface area (Å²) < 4.78 is 5.66. The maximum Gasteiger partial charge on any atom is 0.292 e. The fraction of sp³-hybridized carbons (Fsp3) is 0.211. The van der Waals surface area contributed by atoms with Crippen molar-refractivity contribution >= 4 is 23.2 Å². The average molecular weight is 338 g/mol. The van der Waals surface area contributed by atoms with Crippen molar-refractivity contribution in [1.29, 1.82) is 0 Å². The van der Waals surface area contributed by atoms with Crippen LogP contribution in [-0.2, 0) is 0 Å². The number of Topliss-reactive ketones (excluding diaryl/α,β-unsaturated/α-hetero) is 1. The Labute approximate surface area is 145 Å². The van der Waals surface area contributed by atoms with Gasteiger partial charge in [-0.05, 0) is 36.8 Å². The fourth-order valence-corrected chi connectivity index (χ4v) is 2.84. The van der Waals surface area contributed by atoms with Crippen molar-refractivity contribution in [3.8, 4) is 5.75 Å². The van der Waals surface area contributed by atoms with Gasteiger partial charge in [0.1, 0.15) is 11.4 Å². The van der Waals surface area contributed by atoms with Crippen LogP contribution in [-0.4, -0.2) is 24.4 Å². The standard InChI is InChI=1S/C19H18N2O4/c1-12-3-6-18-15(9-12)19(22)14(7-8-25-18)10-13-4-5-16(20-2)17(11-13)21(23)24/h3-6,9-11,20H,7-8H2,1-2H3. The topological polar surface area (TPSA) is 81.5 Å². The molecule has 0 saturated carbocycles. The van der Waals surface area contributed by atoms with Gasteiger partial charge in [-0.3, -0.25) is 14.9 Å². The van der Waals surface area contributed by atoms with Gasteiger partial charge in [0.25, 0.3) is 5.69 Å². The van der Waals surface area contributed by atoms with Crippen LogP contribution in [0.25, 0.3) is 6.08 Å². The SMILES string of the molecule is CNc1ccc(C=C2CCOc3ccc(C)cc3C2=O)cc1[N+](=O)[O-]. The van der Waals surface area contributed by atoms with E-state index in [1.807, 2.05) is 19.1 Å². The normalized spacial score (nSPS) is 15.3. The van der Waals surface area contributed by atoms with E-state index in [4.69, 9.17) is 4.74 Å². The van der Waals surface area contributed by atoms with E-state index in [0.29, 0.717) is 41.2 Å². The molecule has 3 rings (SSSR count). The Morgan fingerprint density at radius 3 is 2.76 bits per heavy atom. The molecule has 1 heterocycles. The number of nitrogens with zero attached hydrogens (tertiary/aromatic N) is 1. The first-order valence-corrected chi connectivity index (χ1v) is 7.94. The number of aryl methyl sites for hydroxylation is 1. The maximum absolute atomic E-state index is 12.8. The highest BCUT2D eigenvalue weighted by Crippen LogP contribution is 2.30. The summed E-state index contributed by atoms with van der Waals surface area (Å²) in [4.78, 5) is 23.6. The van der Waals surface area contributed by atoms with Gasteiger partial charge >= 0.3 is 0 Å². The lowest BCUT2D eigenvalue weighted by Crippen LogP contribution is -2.03. The predicted molar refractivity (Wildman–Crippen MR) is 96.2 cm³/mol. The highest BCUT2D eigenvalue weighted by atomic mass is 16.6. The number of hydrogen-bond donors (Lipinski definition) is 1. The van der Waals surface area contributed by atoms with Gasteiger partial charge in [-0.2, -0.15) is 0 Å². The van der Waals surface area contributed by atoms with E-state index in [2.05, 4.69) is 5.32 Å². The van der Waals surface area contributed by atoms with E-state index in [1.165, 1.54) is 6.07 Å². The molecule has 128 valence electrons. The van der Waals surface area contributed by atoms with E-state index in [-0.39, 0.29) is 11.5 Å². The average Bonchev–Trinajstić information content (AvgIpc) is 2.74. The first-order valence-electron chi connectivity index (χ1n) is 7.94. The molecule has 0 radical (unpaired) electrons. The summed E-state index contributed by atoms with van der Waals surface area (Å²) in [5, 5.41) is 14.0. The monoisotopic (exact) mass is 338 g/mol. The zero-order valence-corrected chi connectivity index (χ0v) is 14.0. The molecule has 0 amide bonds. The number of hydrogen-bond acceptors (Lipinski definition) is 5. The van der Waals surface area contributed by atoms with Gasteiger partial charge in [0.2, 0.25) is 0 Å². The van der Waals surface area contributed by atoms with Gasteiger partial charge in [-0.15, -0.1) is 0 Å². The van der Waals surface area contributed by atoms with E-state index >= 15 is 0 Å². The van der Waals surface area contributed by atoms with Crippen LogP contribution in [0.5, 0.6) is 5.75 Å². The molecule has 1 N–H and O–H groups in total. The quantitative estimate of drug-likeness (QED) is 0.520. The van der Waals surface area contributed by atoms with E-state index in [1.54, 1.807) is 31.3 Å². The van der Waals surface area contributed by atoms with Crippen LogP contribution in [0.2, 0.25) is 0 Å². The Balaban J connectivity index is 2.02. The summed E-state index contributed by atoms with van der Waals surface area (Å²) in [6.45, 7) is 2.31. The molecule has 2 aromatic rings. The Kier molecular flexibility index (Phi) is 4.52. The molecule has 0 fully saturated rings. The zero-order valence-electron chi connectivity index (χ0n) is 14.0. The minimum atomic E-state index is -0.440. The number of rotatable bonds is 3. The molecular formula is C19H18N2O4. The lowest BCUT2D eigenvalue weighted by atomic mass is 9.97. The summed E-state index contributed by atoms with van der Waals surface area (Å²) in [5.41, 5.74) is 3.12. The van der Waals surface area contributed by atoms with Crippen molar-refractivity contribution in [2.45, 2.75) is 13.3 Å². The number of ether oxygens (including phenoxy) is 1.